The van der Waals surface area contributed by atoms with Gasteiger partial charge in [0.15, 0.2) is 34.6 Å². The number of pyridine rings is 1. The maximum Gasteiger partial charge on any atom is 0.311 e. The molecule has 1 aromatic carbocycles. The van der Waals surface area contributed by atoms with E-state index in [0.29, 0.717) is 0 Å². The number of ether oxygens (including phenoxy) is 1. The molecule has 232 valence electrons. The van der Waals surface area contributed by atoms with Crippen LogP contribution >= 0.6 is 0 Å². The van der Waals surface area contributed by atoms with Crippen molar-refractivity contribution in [2.24, 2.45) is 17.8 Å². The van der Waals surface area contributed by atoms with Crippen LogP contribution < -0.4 is 5.32 Å². The van der Waals surface area contributed by atoms with Crippen molar-refractivity contribution in [2.45, 2.75) is 43.5 Å². The Morgan fingerprint density at radius 1 is 1.07 bits per heavy atom. The van der Waals surface area contributed by atoms with E-state index in [1.54, 1.807) is 12.1 Å². The number of carbonyl (C=O) groups excluding carboxylic acids is 1. The van der Waals surface area contributed by atoms with E-state index in [4.69, 9.17) is 9.26 Å². The molecule has 45 heavy (non-hydrogen) atoms. The van der Waals surface area contributed by atoms with Crippen molar-refractivity contribution in [3.63, 3.8) is 0 Å². The van der Waals surface area contributed by atoms with Gasteiger partial charge in [0.25, 0.3) is 10.0 Å². The molecular formula is C31H28F2N6O5S. The number of esters is 1. The highest BCUT2D eigenvalue weighted by Gasteiger charge is 2.48. The van der Waals surface area contributed by atoms with Crippen LogP contribution in [0.4, 0.5) is 14.6 Å². The number of halogens is 2. The number of hydrogen-bond acceptors (Lipinski definition) is 10. The molecule has 5 aromatic rings. The highest BCUT2D eigenvalue weighted by molar-refractivity contribution is 7.90. The summed E-state index contributed by atoms with van der Waals surface area (Å²) in [7, 11) is -2.86. The van der Waals surface area contributed by atoms with Crippen molar-refractivity contribution in [3.8, 4) is 22.8 Å². The summed E-state index contributed by atoms with van der Waals surface area (Å²) in [5.74, 6) is -2.63. The van der Waals surface area contributed by atoms with E-state index in [-0.39, 0.29) is 62.4 Å². The second-order valence-corrected chi connectivity index (χ2v) is 13.3. The van der Waals surface area contributed by atoms with Gasteiger partial charge in [-0.1, -0.05) is 22.9 Å². The molecule has 3 aliphatic carbocycles. The van der Waals surface area contributed by atoms with Crippen molar-refractivity contribution >= 4 is 32.8 Å². The highest BCUT2D eigenvalue weighted by atomic mass is 32.2. The molecule has 2 unspecified atom stereocenters. The fourth-order valence-electron chi connectivity index (χ4n) is 6.69. The molecule has 2 atom stereocenters. The number of nitrogens with one attached hydrogen (secondary N) is 1. The van der Waals surface area contributed by atoms with Crippen LogP contribution in [0, 0.1) is 36.3 Å². The maximum absolute atomic E-state index is 16.2. The molecule has 3 saturated carbocycles. The number of anilines is 1. The zero-order chi connectivity index (χ0) is 31.5. The normalized spacial score (nSPS) is 21.2. The zero-order valence-electron chi connectivity index (χ0n) is 24.3. The molecule has 8 rings (SSSR count). The summed E-state index contributed by atoms with van der Waals surface area (Å²) in [6.07, 6.45) is 6.95. The van der Waals surface area contributed by atoms with E-state index in [1.165, 1.54) is 37.7 Å². The van der Waals surface area contributed by atoms with Crippen LogP contribution in [0.1, 0.15) is 31.2 Å². The van der Waals surface area contributed by atoms with Crippen molar-refractivity contribution in [3.05, 3.63) is 72.2 Å². The minimum Gasteiger partial charge on any atom is -0.469 e. The van der Waals surface area contributed by atoms with E-state index < -0.39 is 33.6 Å². The van der Waals surface area contributed by atoms with Gasteiger partial charge in [0.1, 0.15) is 5.82 Å². The van der Waals surface area contributed by atoms with Gasteiger partial charge in [-0.15, -0.1) is 0 Å². The molecule has 4 heterocycles. The monoisotopic (exact) mass is 634 g/mol. The van der Waals surface area contributed by atoms with Gasteiger partial charge in [-0.25, -0.2) is 36.1 Å². The Balaban J connectivity index is 1.41. The van der Waals surface area contributed by atoms with Crippen LogP contribution in [0.5, 0.6) is 0 Å². The van der Waals surface area contributed by atoms with E-state index in [9.17, 15) is 17.6 Å². The lowest BCUT2D eigenvalue weighted by Gasteiger charge is -2.47. The van der Waals surface area contributed by atoms with E-state index in [2.05, 4.69) is 25.4 Å². The third kappa shape index (κ3) is 4.93. The topological polar surface area (TPSA) is 142 Å². The maximum atomic E-state index is 16.2. The Kier molecular flexibility index (Phi) is 7.10. The van der Waals surface area contributed by atoms with Gasteiger partial charge in [-0.2, -0.15) is 0 Å². The minimum atomic E-state index is -4.20. The summed E-state index contributed by atoms with van der Waals surface area (Å²) in [5.41, 5.74) is 0.645. The second kappa shape index (κ2) is 11.0. The molecule has 3 fully saturated rings. The van der Waals surface area contributed by atoms with Crippen LogP contribution in [0.15, 0.2) is 64.4 Å². The predicted octanol–water partition coefficient (Wildman–Crippen LogP) is 5.36. The lowest BCUT2D eigenvalue weighted by Crippen LogP contribution is -2.52. The molecule has 3 aliphatic rings. The second-order valence-electron chi connectivity index (χ2n) is 11.5. The van der Waals surface area contributed by atoms with Crippen LogP contribution in [0.25, 0.3) is 33.9 Å². The number of methoxy groups -OCH3 is 1. The number of nitrogens with zero attached hydrogens (tertiary/aromatic N) is 5. The van der Waals surface area contributed by atoms with Gasteiger partial charge < -0.3 is 14.6 Å². The Morgan fingerprint density at radius 2 is 1.80 bits per heavy atom. The Morgan fingerprint density at radius 3 is 2.49 bits per heavy atom. The van der Waals surface area contributed by atoms with Crippen LogP contribution in [-0.4, -0.2) is 51.6 Å². The van der Waals surface area contributed by atoms with Crippen molar-refractivity contribution in [1.82, 2.24) is 24.1 Å². The van der Waals surface area contributed by atoms with E-state index >= 15 is 4.39 Å². The number of benzene rings is 1. The van der Waals surface area contributed by atoms with Crippen molar-refractivity contribution in [1.29, 1.82) is 0 Å². The number of hydrogen-bond donors (Lipinski definition) is 1. The SMILES string of the molecule is COC(=O)C1C2CCC(CC2)C1Nc1nc(-c2cn(S(=O)(=O)c3ccc(C)cc3)c3ncc(F)cc23)nc(-c2ccno2)c1F. The first-order chi connectivity index (χ1) is 21.7. The average molecular weight is 635 g/mol. The van der Waals surface area contributed by atoms with Gasteiger partial charge >= 0.3 is 5.97 Å². The number of fused-ring (bicyclic) bond motifs is 4. The Hall–Kier alpha value is -4.72. The molecule has 2 bridgehead atoms. The molecule has 0 saturated heterocycles. The van der Waals surface area contributed by atoms with Gasteiger partial charge in [-0.3, -0.25) is 4.79 Å². The molecule has 0 amide bonds. The van der Waals surface area contributed by atoms with Crippen molar-refractivity contribution in [2.75, 3.05) is 12.4 Å². The average Bonchev–Trinajstić information content (AvgIpc) is 3.71. The first kappa shape index (κ1) is 29.0. The van der Waals surface area contributed by atoms with E-state index in [1.807, 2.05) is 6.92 Å². The molecule has 14 heteroatoms. The van der Waals surface area contributed by atoms with Gasteiger partial charge in [-0.05, 0) is 62.6 Å². The smallest absolute Gasteiger partial charge is 0.311 e. The summed E-state index contributed by atoms with van der Waals surface area (Å²) in [4.78, 5) is 25.9. The number of aryl methyl sites for hydroxylation is 1. The molecule has 0 spiro atoms. The van der Waals surface area contributed by atoms with Crippen LogP contribution in [0.2, 0.25) is 0 Å². The third-order valence-electron chi connectivity index (χ3n) is 8.92. The summed E-state index contributed by atoms with van der Waals surface area (Å²) in [6, 6.07) is 8.34. The number of carbonyl (C=O) groups is 1. The summed E-state index contributed by atoms with van der Waals surface area (Å²) in [6.45, 7) is 1.83. The minimum absolute atomic E-state index is 0.00537. The third-order valence-corrected chi connectivity index (χ3v) is 10.6. The molecule has 1 N–H and O–H groups in total. The Bertz CT molecular complexity index is 2020. The molecule has 0 aliphatic heterocycles. The van der Waals surface area contributed by atoms with E-state index in [0.717, 1.165) is 47.5 Å². The predicted molar refractivity (Wildman–Crippen MR) is 158 cm³/mol. The van der Waals surface area contributed by atoms with Crippen molar-refractivity contribution < 1.29 is 31.3 Å². The summed E-state index contributed by atoms with van der Waals surface area (Å²) < 4.78 is 69.6. The Labute approximate surface area is 256 Å². The van der Waals surface area contributed by atoms with Gasteiger partial charge in [0, 0.05) is 29.3 Å². The summed E-state index contributed by atoms with van der Waals surface area (Å²) in [5, 5.41) is 6.95. The zero-order valence-corrected chi connectivity index (χ0v) is 25.1. The van der Waals surface area contributed by atoms with Crippen LogP contribution in [0.3, 0.4) is 0 Å². The highest BCUT2D eigenvalue weighted by Crippen LogP contribution is 2.47. The number of aromatic nitrogens is 5. The molecular weight excluding hydrogens is 606 g/mol. The quantitative estimate of drug-likeness (QED) is 0.233. The lowest BCUT2D eigenvalue weighted by atomic mass is 9.61. The fraction of sp³-hybridized carbons (Fsp3) is 0.323. The standard InChI is InChI=1S/C31H28F2N6O5S/c1-16-3-9-20(10-4-16)45(41,42)39-15-22(21-13-19(32)14-34-30(21)39)28-37-27(23-11-12-35-44-23)25(33)29(38-28)36-26-18-7-5-17(6-8-18)24(26)31(40)43-2/h3-4,9-15,17-18,24,26H,5-8H2,1-2H3,(H,36,37,38). The van der Waals surface area contributed by atoms with Gasteiger partial charge in [0.2, 0.25) is 0 Å². The fourth-order valence-corrected chi connectivity index (χ4v) is 8.02. The molecule has 4 aromatic heterocycles. The first-order valence-corrected chi connectivity index (χ1v) is 15.9. The van der Waals surface area contributed by atoms with Gasteiger partial charge in [0.05, 0.1) is 30.3 Å². The van der Waals surface area contributed by atoms with Crippen LogP contribution in [-0.2, 0) is 19.6 Å². The largest absolute Gasteiger partial charge is 0.469 e. The first-order valence-electron chi connectivity index (χ1n) is 14.5. The number of rotatable bonds is 7. The molecule has 0 radical (unpaired) electrons. The summed E-state index contributed by atoms with van der Waals surface area (Å²) >= 11 is 0. The molecule has 11 nitrogen and oxygen atoms in total. The lowest BCUT2D eigenvalue weighted by molar-refractivity contribution is -0.152.